The first kappa shape index (κ1) is 14.5. The van der Waals surface area contributed by atoms with Crippen LogP contribution in [0.1, 0.15) is 32.0 Å². The Morgan fingerprint density at radius 3 is 2.40 bits per heavy atom. The summed E-state index contributed by atoms with van der Waals surface area (Å²) in [6.45, 7) is 7.79. The molecule has 0 aliphatic rings. The van der Waals surface area contributed by atoms with E-state index in [9.17, 15) is 0 Å². The fourth-order valence-electron chi connectivity index (χ4n) is 1.69. The topological polar surface area (TPSA) is 34.1 Å². The molecule has 1 aromatic carbocycles. The maximum atomic E-state index is 5.67. The zero-order valence-electron chi connectivity index (χ0n) is 12.4. The molecule has 20 heavy (non-hydrogen) atoms. The highest BCUT2D eigenvalue weighted by Crippen LogP contribution is 2.11. The Morgan fingerprint density at radius 1 is 1.05 bits per heavy atom. The van der Waals surface area contributed by atoms with Gasteiger partial charge in [-0.3, -0.25) is 4.98 Å². The molecule has 3 nitrogen and oxygen atoms in total. The van der Waals surface area contributed by atoms with E-state index < -0.39 is 0 Å². The second kappa shape index (κ2) is 6.53. The van der Waals surface area contributed by atoms with Gasteiger partial charge < -0.3 is 10.1 Å². The molecule has 3 heteroatoms. The summed E-state index contributed by atoms with van der Waals surface area (Å²) < 4.78 is 5.67. The van der Waals surface area contributed by atoms with E-state index in [2.05, 4.69) is 37.1 Å². The summed E-state index contributed by atoms with van der Waals surface area (Å²) in [5.74, 6) is 0.868. The highest BCUT2D eigenvalue weighted by atomic mass is 16.5. The van der Waals surface area contributed by atoms with E-state index in [-0.39, 0.29) is 5.54 Å². The van der Waals surface area contributed by atoms with Crippen molar-refractivity contribution in [2.45, 2.75) is 39.5 Å². The van der Waals surface area contributed by atoms with Gasteiger partial charge in [-0.2, -0.15) is 0 Å². The lowest BCUT2D eigenvalue weighted by Gasteiger charge is -2.20. The van der Waals surface area contributed by atoms with Gasteiger partial charge in [0.2, 0.25) is 0 Å². The Balaban J connectivity index is 1.85. The summed E-state index contributed by atoms with van der Waals surface area (Å²) >= 11 is 0. The van der Waals surface area contributed by atoms with Crippen LogP contribution in [0.15, 0.2) is 48.7 Å². The minimum absolute atomic E-state index is 0.120. The van der Waals surface area contributed by atoms with Crippen LogP contribution >= 0.6 is 0 Å². The molecule has 1 N–H and O–H groups in total. The fraction of sp³-hybridized carbons (Fsp3) is 0.353. The molecule has 2 rings (SSSR count). The lowest BCUT2D eigenvalue weighted by Crippen LogP contribution is -2.35. The molecule has 0 aliphatic carbocycles. The molecular weight excluding hydrogens is 248 g/mol. The molecule has 1 aromatic heterocycles. The van der Waals surface area contributed by atoms with Gasteiger partial charge in [0.05, 0.1) is 5.69 Å². The van der Waals surface area contributed by atoms with Gasteiger partial charge in [0, 0.05) is 18.3 Å². The van der Waals surface area contributed by atoms with Gasteiger partial charge in [-0.05, 0) is 44.5 Å². The molecule has 0 fully saturated rings. The van der Waals surface area contributed by atoms with Crippen LogP contribution in [0.3, 0.4) is 0 Å². The van der Waals surface area contributed by atoms with E-state index in [0.717, 1.165) is 18.0 Å². The third kappa shape index (κ3) is 5.02. The quantitative estimate of drug-likeness (QED) is 0.902. The van der Waals surface area contributed by atoms with E-state index in [0.29, 0.717) is 6.61 Å². The highest BCUT2D eigenvalue weighted by Gasteiger charge is 2.08. The maximum Gasteiger partial charge on any atom is 0.130 e. The highest BCUT2D eigenvalue weighted by molar-refractivity contribution is 5.21. The van der Waals surface area contributed by atoms with Crippen LogP contribution in [-0.2, 0) is 13.2 Å². The Bertz CT molecular complexity index is 515. The summed E-state index contributed by atoms with van der Waals surface area (Å²) in [6, 6.07) is 13.9. The van der Waals surface area contributed by atoms with Gasteiger partial charge in [0.1, 0.15) is 12.4 Å². The molecule has 0 bridgehead atoms. The predicted octanol–water partition coefficient (Wildman–Crippen LogP) is 3.55. The molecule has 2 aromatic rings. The van der Waals surface area contributed by atoms with Crippen LogP contribution in [0.2, 0.25) is 0 Å². The van der Waals surface area contributed by atoms with Crippen LogP contribution in [0, 0.1) is 0 Å². The van der Waals surface area contributed by atoms with E-state index >= 15 is 0 Å². The van der Waals surface area contributed by atoms with Crippen molar-refractivity contribution in [1.29, 1.82) is 0 Å². The average Bonchev–Trinajstić information content (AvgIpc) is 2.44. The number of hydrogen-bond acceptors (Lipinski definition) is 3. The smallest absolute Gasteiger partial charge is 0.130 e. The van der Waals surface area contributed by atoms with Crippen LogP contribution in [0.4, 0.5) is 0 Å². The third-order valence-electron chi connectivity index (χ3n) is 2.84. The Labute approximate surface area is 121 Å². The van der Waals surface area contributed by atoms with Crippen LogP contribution in [0.25, 0.3) is 0 Å². The van der Waals surface area contributed by atoms with Crippen molar-refractivity contribution in [3.05, 3.63) is 59.9 Å². The van der Waals surface area contributed by atoms with Gasteiger partial charge in [0.25, 0.3) is 0 Å². The molecule has 0 amide bonds. The number of ether oxygens (including phenoxy) is 1. The molecular formula is C17H22N2O. The Kier molecular flexibility index (Phi) is 4.74. The van der Waals surface area contributed by atoms with Crippen molar-refractivity contribution in [2.24, 2.45) is 0 Å². The van der Waals surface area contributed by atoms with Gasteiger partial charge in [0.15, 0.2) is 0 Å². The minimum Gasteiger partial charge on any atom is -0.487 e. The largest absolute Gasteiger partial charge is 0.487 e. The number of rotatable bonds is 5. The number of pyridine rings is 1. The molecule has 0 spiro atoms. The van der Waals surface area contributed by atoms with Crippen molar-refractivity contribution < 1.29 is 4.74 Å². The lowest BCUT2D eigenvalue weighted by molar-refractivity contribution is 0.301. The summed E-state index contributed by atoms with van der Waals surface area (Å²) in [5, 5.41) is 3.44. The fourth-order valence-corrected chi connectivity index (χ4v) is 1.69. The first-order valence-electron chi connectivity index (χ1n) is 6.90. The van der Waals surface area contributed by atoms with Crippen molar-refractivity contribution in [1.82, 2.24) is 10.3 Å². The van der Waals surface area contributed by atoms with E-state index in [1.165, 1.54) is 5.56 Å². The zero-order valence-corrected chi connectivity index (χ0v) is 12.4. The standard InChI is InChI=1S/C17H22N2O/c1-17(2,3)19-12-14-9-10-15(18-11-14)13-20-16-7-5-4-6-8-16/h4-11,19H,12-13H2,1-3H3. The molecule has 0 atom stereocenters. The average molecular weight is 270 g/mol. The summed E-state index contributed by atoms with van der Waals surface area (Å²) in [7, 11) is 0. The minimum atomic E-state index is 0.120. The number of nitrogens with zero attached hydrogens (tertiary/aromatic N) is 1. The maximum absolute atomic E-state index is 5.67. The number of para-hydroxylation sites is 1. The second-order valence-electron chi connectivity index (χ2n) is 5.86. The molecule has 0 saturated heterocycles. The van der Waals surface area contributed by atoms with Crippen LogP contribution < -0.4 is 10.1 Å². The van der Waals surface area contributed by atoms with Crippen molar-refractivity contribution in [2.75, 3.05) is 0 Å². The molecule has 106 valence electrons. The third-order valence-corrected chi connectivity index (χ3v) is 2.84. The normalized spacial score (nSPS) is 11.3. The summed E-state index contributed by atoms with van der Waals surface area (Å²) in [6.07, 6.45) is 1.91. The van der Waals surface area contributed by atoms with Crippen molar-refractivity contribution in [3.8, 4) is 5.75 Å². The Hall–Kier alpha value is -1.87. The van der Waals surface area contributed by atoms with E-state index in [1.807, 2.05) is 42.6 Å². The van der Waals surface area contributed by atoms with Gasteiger partial charge in [-0.15, -0.1) is 0 Å². The number of aromatic nitrogens is 1. The van der Waals surface area contributed by atoms with Crippen LogP contribution in [0.5, 0.6) is 5.75 Å². The summed E-state index contributed by atoms with van der Waals surface area (Å²) in [5.41, 5.74) is 2.24. The molecule has 0 radical (unpaired) electrons. The van der Waals surface area contributed by atoms with E-state index in [1.54, 1.807) is 0 Å². The van der Waals surface area contributed by atoms with Gasteiger partial charge in [-0.1, -0.05) is 24.3 Å². The molecule has 1 heterocycles. The van der Waals surface area contributed by atoms with Crippen LogP contribution in [-0.4, -0.2) is 10.5 Å². The molecule has 0 unspecified atom stereocenters. The number of hydrogen-bond donors (Lipinski definition) is 1. The zero-order chi connectivity index (χ0) is 14.4. The van der Waals surface area contributed by atoms with E-state index in [4.69, 9.17) is 4.74 Å². The second-order valence-corrected chi connectivity index (χ2v) is 5.86. The van der Waals surface area contributed by atoms with Crippen molar-refractivity contribution >= 4 is 0 Å². The molecule has 0 saturated carbocycles. The van der Waals surface area contributed by atoms with Gasteiger partial charge >= 0.3 is 0 Å². The first-order chi connectivity index (χ1) is 9.53. The molecule has 0 aliphatic heterocycles. The predicted molar refractivity (Wildman–Crippen MR) is 81.6 cm³/mol. The Morgan fingerprint density at radius 2 is 1.80 bits per heavy atom. The SMILES string of the molecule is CC(C)(C)NCc1ccc(COc2ccccc2)nc1. The number of nitrogens with one attached hydrogen (secondary N) is 1. The lowest BCUT2D eigenvalue weighted by atomic mass is 10.1. The first-order valence-corrected chi connectivity index (χ1v) is 6.90. The number of benzene rings is 1. The monoisotopic (exact) mass is 270 g/mol. The van der Waals surface area contributed by atoms with Crippen molar-refractivity contribution in [3.63, 3.8) is 0 Å². The summed E-state index contributed by atoms with van der Waals surface area (Å²) in [4.78, 5) is 4.43. The van der Waals surface area contributed by atoms with Gasteiger partial charge in [-0.25, -0.2) is 0 Å².